The van der Waals surface area contributed by atoms with E-state index in [4.69, 9.17) is 22.1 Å². The van der Waals surface area contributed by atoms with Gasteiger partial charge >= 0.3 is 0 Å². The molecule has 0 aromatic heterocycles. The van der Waals surface area contributed by atoms with Crippen LogP contribution in [0.4, 0.5) is 0 Å². The molecule has 0 aliphatic rings. The zero-order chi connectivity index (χ0) is 14.3. The summed E-state index contributed by atoms with van der Waals surface area (Å²) >= 11 is 5.95. The molecule has 0 amide bonds. The Bertz CT molecular complexity index is 356. The van der Waals surface area contributed by atoms with Gasteiger partial charge in [0.15, 0.2) is 0 Å². The summed E-state index contributed by atoms with van der Waals surface area (Å²) < 4.78 is 5.42. The smallest absolute Gasteiger partial charge is 0.0593 e. The molecule has 0 fully saturated rings. The molecule has 1 rings (SSSR count). The number of nitrogens with two attached hydrogens (primary N) is 1. The van der Waals surface area contributed by atoms with Crippen LogP contribution in [-0.2, 0) is 4.74 Å². The Kier molecular flexibility index (Phi) is 7.39. The molecule has 19 heavy (non-hydrogen) atoms. The minimum atomic E-state index is 0.104. The van der Waals surface area contributed by atoms with Gasteiger partial charge in [-0.3, -0.25) is 4.90 Å². The number of nitrogens with zero attached hydrogens (tertiary/aromatic N) is 1. The van der Waals surface area contributed by atoms with Crippen LogP contribution in [-0.4, -0.2) is 37.7 Å². The van der Waals surface area contributed by atoms with Crippen molar-refractivity contribution in [2.45, 2.75) is 32.4 Å². The lowest BCUT2D eigenvalue weighted by Gasteiger charge is -2.32. The van der Waals surface area contributed by atoms with Gasteiger partial charge in [0.2, 0.25) is 0 Å². The van der Waals surface area contributed by atoms with Gasteiger partial charge in [-0.05, 0) is 38.1 Å². The normalized spacial score (nSPS) is 14.6. The lowest BCUT2D eigenvalue weighted by Crippen LogP contribution is -2.40. The van der Waals surface area contributed by atoms with Crippen LogP contribution < -0.4 is 5.73 Å². The van der Waals surface area contributed by atoms with E-state index in [2.05, 4.69) is 31.0 Å². The van der Waals surface area contributed by atoms with Gasteiger partial charge in [-0.25, -0.2) is 0 Å². The lowest BCUT2D eigenvalue weighted by molar-refractivity contribution is 0.100. The monoisotopic (exact) mass is 284 g/mol. The zero-order valence-corrected chi connectivity index (χ0v) is 12.9. The third kappa shape index (κ3) is 5.11. The van der Waals surface area contributed by atoms with Crippen molar-refractivity contribution in [2.24, 2.45) is 5.73 Å². The molecule has 0 saturated carbocycles. The van der Waals surface area contributed by atoms with Crippen LogP contribution in [0.25, 0.3) is 0 Å². The van der Waals surface area contributed by atoms with E-state index >= 15 is 0 Å². The van der Waals surface area contributed by atoms with Gasteiger partial charge in [-0.15, -0.1) is 0 Å². The molecule has 0 bridgehead atoms. The predicted octanol–water partition coefficient (Wildman–Crippen LogP) is 3.09. The molecule has 2 atom stereocenters. The summed E-state index contributed by atoms with van der Waals surface area (Å²) in [6.45, 7) is 6.47. The Balaban J connectivity index is 2.79. The van der Waals surface area contributed by atoms with Crippen molar-refractivity contribution in [3.05, 3.63) is 34.9 Å². The minimum Gasteiger partial charge on any atom is -0.380 e. The molecule has 0 saturated heterocycles. The van der Waals surface area contributed by atoms with E-state index in [1.165, 1.54) is 5.56 Å². The van der Waals surface area contributed by atoms with Gasteiger partial charge in [0.1, 0.15) is 0 Å². The average molecular weight is 285 g/mol. The first kappa shape index (κ1) is 16.4. The molecule has 108 valence electrons. The summed E-state index contributed by atoms with van der Waals surface area (Å²) in [6, 6.07) is 8.25. The maximum atomic E-state index is 6.28. The van der Waals surface area contributed by atoms with Crippen LogP contribution in [0.2, 0.25) is 5.02 Å². The van der Waals surface area contributed by atoms with Crippen LogP contribution in [0.1, 0.15) is 31.9 Å². The van der Waals surface area contributed by atoms with Crippen molar-refractivity contribution in [1.82, 2.24) is 4.90 Å². The van der Waals surface area contributed by atoms with E-state index < -0.39 is 0 Å². The van der Waals surface area contributed by atoms with Crippen LogP contribution in [0.15, 0.2) is 24.3 Å². The molecule has 1 aromatic carbocycles. The number of benzene rings is 1. The Morgan fingerprint density at radius 3 is 2.42 bits per heavy atom. The summed E-state index contributed by atoms with van der Waals surface area (Å²) in [5, 5.41) is 0.754. The number of hydrogen-bond donors (Lipinski definition) is 1. The lowest BCUT2D eigenvalue weighted by atomic mass is 9.97. The van der Waals surface area contributed by atoms with Crippen molar-refractivity contribution in [3.63, 3.8) is 0 Å². The van der Waals surface area contributed by atoms with Crippen LogP contribution in [0, 0.1) is 0 Å². The minimum absolute atomic E-state index is 0.104. The van der Waals surface area contributed by atoms with Gasteiger partial charge in [-0.2, -0.15) is 0 Å². The SMILES string of the molecule is CCOCCN(C)C(c1ccc(Cl)cc1)C(N)CC. The number of halogens is 1. The second-order valence-corrected chi connectivity index (χ2v) is 5.18. The molecule has 2 N–H and O–H groups in total. The molecule has 0 heterocycles. The van der Waals surface area contributed by atoms with E-state index in [0.29, 0.717) is 0 Å². The fourth-order valence-corrected chi connectivity index (χ4v) is 2.33. The van der Waals surface area contributed by atoms with Crippen LogP contribution >= 0.6 is 11.6 Å². The quantitative estimate of drug-likeness (QED) is 0.746. The maximum absolute atomic E-state index is 6.28. The van der Waals surface area contributed by atoms with E-state index in [9.17, 15) is 0 Å². The fourth-order valence-electron chi connectivity index (χ4n) is 2.20. The zero-order valence-electron chi connectivity index (χ0n) is 12.1. The summed E-state index contributed by atoms with van der Waals surface area (Å²) in [6.07, 6.45) is 0.937. The van der Waals surface area contributed by atoms with E-state index in [1.807, 2.05) is 19.1 Å². The van der Waals surface area contributed by atoms with Crippen molar-refractivity contribution < 1.29 is 4.74 Å². The molecule has 0 radical (unpaired) electrons. The average Bonchev–Trinajstić information content (AvgIpc) is 2.41. The van der Waals surface area contributed by atoms with Crippen molar-refractivity contribution >= 4 is 11.6 Å². The molecular formula is C15H25ClN2O. The van der Waals surface area contributed by atoms with E-state index in [-0.39, 0.29) is 12.1 Å². The van der Waals surface area contributed by atoms with Crippen LogP contribution in [0.3, 0.4) is 0 Å². The van der Waals surface area contributed by atoms with E-state index in [1.54, 1.807) is 0 Å². The van der Waals surface area contributed by atoms with Gasteiger partial charge in [-0.1, -0.05) is 30.7 Å². The summed E-state index contributed by atoms with van der Waals surface area (Å²) in [5.74, 6) is 0. The molecule has 3 nitrogen and oxygen atoms in total. The molecule has 2 unspecified atom stereocenters. The molecule has 0 aliphatic heterocycles. The molecule has 0 aliphatic carbocycles. The highest BCUT2D eigenvalue weighted by atomic mass is 35.5. The van der Waals surface area contributed by atoms with E-state index in [0.717, 1.165) is 31.2 Å². The summed E-state index contributed by atoms with van der Waals surface area (Å²) in [7, 11) is 2.09. The Morgan fingerprint density at radius 2 is 1.89 bits per heavy atom. The third-order valence-corrected chi connectivity index (χ3v) is 3.61. The second kappa shape index (κ2) is 8.54. The first-order valence-corrected chi connectivity index (χ1v) is 7.27. The standard InChI is InChI=1S/C15H25ClN2O/c1-4-14(17)15(18(3)10-11-19-5-2)12-6-8-13(16)9-7-12/h6-9,14-15H,4-5,10-11,17H2,1-3H3. The third-order valence-electron chi connectivity index (χ3n) is 3.36. The number of likely N-dealkylation sites (N-methyl/N-ethyl adjacent to an activating group) is 1. The predicted molar refractivity (Wildman–Crippen MR) is 81.6 cm³/mol. The maximum Gasteiger partial charge on any atom is 0.0593 e. The number of rotatable bonds is 8. The number of ether oxygens (including phenoxy) is 1. The fraction of sp³-hybridized carbons (Fsp3) is 0.600. The van der Waals surface area contributed by atoms with Crippen molar-refractivity contribution in [2.75, 3.05) is 26.8 Å². The summed E-state index contributed by atoms with van der Waals surface area (Å²) in [5.41, 5.74) is 7.48. The highest BCUT2D eigenvalue weighted by Crippen LogP contribution is 2.25. The largest absolute Gasteiger partial charge is 0.380 e. The van der Waals surface area contributed by atoms with Gasteiger partial charge in [0, 0.05) is 30.3 Å². The molecule has 1 aromatic rings. The number of hydrogen-bond acceptors (Lipinski definition) is 3. The Morgan fingerprint density at radius 1 is 1.26 bits per heavy atom. The van der Waals surface area contributed by atoms with Crippen molar-refractivity contribution in [1.29, 1.82) is 0 Å². The van der Waals surface area contributed by atoms with Crippen molar-refractivity contribution in [3.8, 4) is 0 Å². The highest BCUT2D eigenvalue weighted by Gasteiger charge is 2.22. The Hall–Kier alpha value is -0.610. The first-order valence-electron chi connectivity index (χ1n) is 6.89. The van der Waals surface area contributed by atoms with Gasteiger partial charge < -0.3 is 10.5 Å². The molecular weight excluding hydrogens is 260 g/mol. The highest BCUT2D eigenvalue weighted by molar-refractivity contribution is 6.30. The Labute approximate surface area is 121 Å². The summed E-state index contributed by atoms with van der Waals surface area (Å²) in [4.78, 5) is 2.26. The van der Waals surface area contributed by atoms with Gasteiger partial charge in [0.25, 0.3) is 0 Å². The van der Waals surface area contributed by atoms with Gasteiger partial charge in [0.05, 0.1) is 6.61 Å². The topological polar surface area (TPSA) is 38.5 Å². The molecule has 0 spiro atoms. The first-order chi connectivity index (χ1) is 9.10. The van der Waals surface area contributed by atoms with Crippen LogP contribution in [0.5, 0.6) is 0 Å². The molecule has 4 heteroatoms. The second-order valence-electron chi connectivity index (χ2n) is 4.75.